The summed E-state index contributed by atoms with van der Waals surface area (Å²) in [5, 5.41) is 12.8. The molecule has 1 unspecified atom stereocenters. The molecule has 1 aliphatic heterocycles. The zero-order valence-corrected chi connectivity index (χ0v) is 15.4. The molecule has 2 aromatic rings. The van der Waals surface area contributed by atoms with E-state index < -0.39 is 0 Å². The van der Waals surface area contributed by atoms with Crippen molar-refractivity contribution in [2.75, 3.05) is 32.8 Å². The summed E-state index contributed by atoms with van der Waals surface area (Å²) in [6.07, 6.45) is 2.36. The van der Waals surface area contributed by atoms with Crippen molar-refractivity contribution >= 4 is 0 Å². The molecular weight excluding hydrogens is 324 g/mol. The van der Waals surface area contributed by atoms with Gasteiger partial charge in [0, 0.05) is 32.8 Å². The molecular formula is C22H30N2O2. The second kappa shape index (κ2) is 10.3. The van der Waals surface area contributed by atoms with E-state index in [0.717, 1.165) is 44.9 Å². The van der Waals surface area contributed by atoms with Gasteiger partial charge in [-0.15, -0.1) is 0 Å². The number of aliphatic hydroxyl groups is 1. The Morgan fingerprint density at radius 2 is 1.92 bits per heavy atom. The lowest BCUT2D eigenvalue weighted by Gasteiger charge is -2.31. The van der Waals surface area contributed by atoms with Gasteiger partial charge in [-0.25, -0.2) is 0 Å². The number of piperidine rings is 1. The van der Waals surface area contributed by atoms with Crippen molar-refractivity contribution in [3.05, 3.63) is 65.7 Å². The molecule has 26 heavy (non-hydrogen) atoms. The van der Waals surface area contributed by atoms with E-state index in [2.05, 4.69) is 34.5 Å². The molecule has 1 fully saturated rings. The van der Waals surface area contributed by atoms with Crippen molar-refractivity contribution in [3.63, 3.8) is 0 Å². The van der Waals surface area contributed by atoms with Crippen LogP contribution in [0.3, 0.4) is 0 Å². The third kappa shape index (κ3) is 6.13. The van der Waals surface area contributed by atoms with Gasteiger partial charge < -0.3 is 20.1 Å². The lowest BCUT2D eigenvalue weighted by Crippen LogP contribution is -2.40. The predicted octanol–water partition coefficient (Wildman–Crippen LogP) is 3.06. The van der Waals surface area contributed by atoms with Crippen LogP contribution in [0.5, 0.6) is 5.75 Å². The molecule has 0 amide bonds. The van der Waals surface area contributed by atoms with Crippen LogP contribution in [0, 0.1) is 5.92 Å². The van der Waals surface area contributed by atoms with Crippen molar-refractivity contribution in [2.45, 2.75) is 26.0 Å². The summed E-state index contributed by atoms with van der Waals surface area (Å²) >= 11 is 0. The first kappa shape index (κ1) is 18.9. The van der Waals surface area contributed by atoms with Gasteiger partial charge in [-0.3, -0.25) is 0 Å². The zero-order valence-electron chi connectivity index (χ0n) is 15.4. The highest BCUT2D eigenvalue weighted by atomic mass is 16.5. The average Bonchev–Trinajstić information content (AvgIpc) is 2.71. The van der Waals surface area contributed by atoms with Crippen LogP contribution in [0.1, 0.15) is 24.0 Å². The normalized spacial score (nSPS) is 18.0. The third-order valence-electron chi connectivity index (χ3n) is 4.94. The first-order valence-electron chi connectivity index (χ1n) is 9.63. The van der Waals surface area contributed by atoms with Crippen molar-refractivity contribution in [3.8, 4) is 5.75 Å². The maximum absolute atomic E-state index is 9.32. The summed E-state index contributed by atoms with van der Waals surface area (Å²) in [4.78, 5) is 2.46. The minimum atomic E-state index is 0.319. The quantitative estimate of drug-likeness (QED) is 0.680. The Kier molecular flexibility index (Phi) is 7.50. The highest BCUT2D eigenvalue weighted by Gasteiger charge is 2.18. The third-order valence-corrected chi connectivity index (χ3v) is 4.94. The summed E-state index contributed by atoms with van der Waals surface area (Å²) in [6.45, 7) is 5.95. The lowest BCUT2D eigenvalue weighted by atomic mass is 9.99. The van der Waals surface area contributed by atoms with Gasteiger partial charge in [-0.05, 0) is 48.6 Å². The van der Waals surface area contributed by atoms with E-state index in [9.17, 15) is 5.11 Å². The number of hydrogen-bond acceptors (Lipinski definition) is 4. The van der Waals surface area contributed by atoms with E-state index in [-0.39, 0.29) is 0 Å². The summed E-state index contributed by atoms with van der Waals surface area (Å²) in [5.74, 6) is 1.37. The Morgan fingerprint density at radius 3 is 2.77 bits per heavy atom. The van der Waals surface area contributed by atoms with Gasteiger partial charge >= 0.3 is 0 Å². The number of nitrogens with zero attached hydrogens (tertiary/aromatic N) is 1. The molecule has 1 heterocycles. The smallest absolute Gasteiger partial charge is 0.120 e. The monoisotopic (exact) mass is 354 g/mol. The van der Waals surface area contributed by atoms with E-state index in [0.29, 0.717) is 19.1 Å². The molecule has 0 spiro atoms. The van der Waals surface area contributed by atoms with Gasteiger partial charge in [0.05, 0.1) is 0 Å². The summed E-state index contributed by atoms with van der Waals surface area (Å²) < 4.78 is 5.90. The highest BCUT2D eigenvalue weighted by Crippen LogP contribution is 2.16. The Labute approximate surface area is 156 Å². The van der Waals surface area contributed by atoms with Crippen LogP contribution in [-0.2, 0) is 13.2 Å². The maximum Gasteiger partial charge on any atom is 0.120 e. The minimum Gasteiger partial charge on any atom is -0.489 e. The van der Waals surface area contributed by atoms with E-state index >= 15 is 0 Å². The molecule has 1 saturated heterocycles. The molecule has 1 aliphatic rings. The van der Waals surface area contributed by atoms with E-state index in [4.69, 9.17) is 4.74 Å². The predicted molar refractivity (Wildman–Crippen MR) is 105 cm³/mol. The van der Waals surface area contributed by atoms with Crippen molar-refractivity contribution < 1.29 is 9.84 Å². The topological polar surface area (TPSA) is 44.7 Å². The molecule has 0 aliphatic carbocycles. The van der Waals surface area contributed by atoms with Crippen LogP contribution >= 0.6 is 0 Å². The molecule has 4 nitrogen and oxygen atoms in total. The summed E-state index contributed by atoms with van der Waals surface area (Å²) in [5.41, 5.74) is 2.42. The molecule has 0 radical (unpaired) electrons. The second-order valence-corrected chi connectivity index (χ2v) is 7.09. The molecule has 2 N–H and O–H groups in total. The Bertz CT molecular complexity index is 648. The van der Waals surface area contributed by atoms with Crippen molar-refractivity contribution in [1.82, 2.24) is 10.2 Å². The van der Waals surface area contributed by atoms with Crippen LogP contribution < -0.4 is 10.1 Å². The van der Waals surface area contributed by atoms with E-state index in [1.54, 1.807) is 0 Å². The average molecular weight is 354 g/mol. The highest BCUT2D eigenvalue weighted by molar-refractivity contribution is 5.29. The molecule has 0 saturated carbocycles. The van der Waals surface area contributed by atoms with Crippen LogP contribution in [-0.4, -0.2) is 42.8 Å². The fourth-order valence-electron chi connectivity index (χ4n) is 3.46. The van der Waals surface area contributed by atoms with Gasteiger partial charge in [0.15, 0.2) is 0 Å². The first-order chi connectivity index (χ1) is 12.8. The van der Waals surface area contributed by atoms with Gasteiger partial charge in [0.25, 0.3) is 0 Å². The lowest BCUT2D eigenvalue weighted by molar-refractivity contribution is 0.121. The number of benzene rings is 2. The number of ether oxygens (including phenoxy) is 1. The van der Waals surface area contributed by atoms with E-state index in [1.807, 2.05) is 30.3 Å². The molecule has 2 aromatic carbocycles. The molecule has 0 aromatic heterocycles. The van der Waals surface area contributed by atoms with Gasteiger partial charge in [-0.1, -0.05) is 42.5 Å². The Hall–Kier alpha value is -1.88. The fraction of sp³-hybridized carbons (Fsp3) is 0.455. The number of likely N-dealkylation sites (tertiary alicyclic amines) is 1. The molecule has 4 heteroatoms. The largest absolute Gasteiger partial charge is 0.489 e. The second-order valence-electron chi connectivity index (χ2n) is 7.09. The molecule has 0 bridgehead atoms. The first-order valence-corrected chi connectivity index (χ1v) is 9.63. The minimum absolute atomic E-state index is 0.319. The standard InChI is InChI=1S/C22H30N2O2/c25-17-21-9-5-12-24(16-21)13-11-23-15-20-8-4-10-22(14-20)26-18-19-6-2-1-3-7-19/h1-4,6-8,10,14,21,23,25H,5,9,11-13,15-18H2. The van der Waals surface area contributed by atoms with Crippen LogP contribution in [0.25, 0.3) is 0 Å². The Morgan fingerprint density at radius 1 is 1.08 bits per heavy atom. The van der Waals surface area contributed by atoms with Crippen molar-refractivity contribution in [2.24, 2.45) is 5.92 Å². The number of hydrogen-bond donors (Lipinski definition) is 2. The van der Waals surface area contributed by atoms with Crippen LogP contribution in [0.2, 0.25) is 0 Å². The molecule has 140 valence electrons. The molecule has 1 atom stereocenters. The number of aliphatic hydroxyl groups excluding tert-OH is 1. The fourth-order valence-corrected chi connectivity index (χ4v) is 3.46. The van der Waals surface area contributed by atoms with Gasteiger partial charge in [0.1, 0.15) is 12.4 Å². The van der Waals surface area contributed by atoms with Crippen molar-refractivity contribution in [1.29, 1.82) is 0 Å². The number of nitrogens with one attached hydrogen (secondary N) is 1. The summed E-state index contributed by atoms with van der Waals surface area (Å²) in [7, 11) is 0. The zero-order chi connectivity index (χ0) is 18.0. The van der Waals surface area contributed by atoms with Gasteiger partial charge in [0.2, 0.25) is 0 Å². The Balaban J connectivity index is 1.38. The van der Waals surface area contributed by atoms with Crippen LogP contribution in [0.4, 0.5) is 0 Å². The number of rotatable bonds is 9. The van der Waals surface area contributed by atoms with Gasteiger partial charge in [-0.2, -0.15) is 0 Å². The molecule has 3 rings (SSSR count). The summed E-state index contributed by atoms with van der Waals surface area (Å²) in [6, 6.07) is 18.5. The van der Waals surface area contributed by atoms with Crippen LogP contribution in [0.15, 0.2) is 54.6 Å². The maximum atomic E-state index is 9.32. The van der Waals surface area contributed by atoms with E-state index in [1.165, 1.54) is 17.5 Å². The SMILES string of the molecule is OCC1CCCN(CCNCc2cccc(OCc3ccccc3)c2)C1.